The van der Waals surface area contributed by atoms with Crippen LogP contribution >= 0.6 is 15.9 Å². The van der Waals surface area contributed by atoms with Gasteiger partial charge in [-0.15, -0.1) is 0 Å². The molecule has 0 saturated heterocycles. The van der Waals surface area contributed by atoms with Crippen LogP contribution in [0, 0.1) is 6.92 Å². The van der Waals surface area contributed by atoms with Gasteiger partial charge in [-0.2, -0.15) is 4.21 Å². The number of carbonyl (C=O) groups is 1. The summed E-state index contributed by atoms with van der Waals surface area (Å²) in [5, 5.41) is 0. The van der Waals surface area contributed by atoms with E-state index in [4.69, 9.17) is 8.37 Å². The zero-order chi connectivity index (χ0) is 18.2. The quantitative estimate of drug-likeness (QED) is 0.720. The van der Waals surface area contributed by atoms with Crippen molar-refractivity contribution in [3.63, 3.8) is 0 Å². The molecule has 0 aliphatic carbocycles. The molecule has 2 aromatic rings. The highest BCUT2D eigenvalue weighted by molar-refractivity contribution is 9.10. The van der Waals surface area contributed by atoms with E-state index in [1.165, 1.54) is 12.1 Å². The maximum absolute atomic E-state index is 12.5. The number of halogens is 1. The largest absolute Gasteiger partial charge is 0.380 e. The third-order valence-electron chi connectivity index (χ3n) is 3.57. The Labute approximate surface area is 156 Å². The van der Waals surface area contributed by atoms with Crippen LogP contribution in [0.15, 0.2) is 51.8 Å². The van der Waals surface area contributed by atoms with Crippen molar-refractivity contribution in [2.24, 2.45) is 0 Å². The van der Waals surface area contributed by atoms with Gasteiger partial charge in [0.15, 0.2) is 21.7 Å². The minimum atomic E-state index is -3.71. The number of fused-ring (bicyclic) bond motifs is 1. The average molecular weight is 445 g/mol. The van der Waals surface area contributed by atoms with Crippen LogP contribution in [-0.4, -0.2) is 30.3 Å². The molecule has 0 radical (unpaired) electrons. The van der Waals surface area contributed by atoms with Crippen molar-refractivity contribution in [3.8, 4) is 5.75 Å². The van der Waals surface area contributed by atoms with Crippen molar-refractivity contribution in [1.29, 1.82) is 0 Å². The second-order valence-electron chi connectivity index (χ2n) is 5.47. The molecule has 25 heavy (non-hydrogen) atoms. The van der Waals surface area contributed by atoms with Crippen LogP contribution in [0.3, 0.4) is 0 Å². The summed E-state index contributed by atoms with van der Waals surface area (Å²) in [5.41, 5.74) is 0.777. The van der Waals surface area contributed by atoms with Gasteiger partial charge in [0.1, 0.15) is 5.75 Å². The first-order chi connectivity index (χ1) is 11.8. The van der Waals surface area contributed by atoms with Crippen LogP contribution in [0.4, 0.5) is 0 Å². The molecule has 132 valence electrons. The normalized spacial score (nSPS) is 19.9. The number of hydrogen-bond acceptors (Lipinski definition) is 6. The Kier molecular flexibility index (Phi) is 5.10. The molecule has 0 N–H and O–H groups in total. The fraction of sp³-hybridized carbons (Fsp3) is 0.188. The van der Waals surface area contributed by atoms with Gasteiger partial charge in [-0.3, -0.25) is 4.79 Å². The van der Waals surface area contributed by atoms with Gasteiger partial charge in [-0.1, -0.05) is 22.0 Å². The van der Waals surface area contributed by atoms with E-state index in [-0.39, 0.29) is 16.2 Å². The molecule has 0 bridgehead atoms. The first-order valence-corrected chi connectivity index (χ1v) is 10.6. The van der Waals surface area contributed by atoms with Gasteiger partial charge in [0.05, 0.1) is 10.6 Å². The summed E-state index contributed by atoms with van der Waals surface area (Å²) in [6, 6.07) is 11.0. The summed E-state index contributed by atoms with van der Waals surface area (Å²) in [7, 11) is -3.71. The molecule has 6 nitrogen and oxygen atoms in total. The summed E-state index contributed by atoms with van der Waals surface area (Å²) in [5.74, 6) is -0.834. The van der Waals surface area contributed by atoms with Crippen molar-refractivity contribution in [2.75, 3.05) is 5.75 Å². The predicted octanol–water partition coefficient (Wildman–Crippen LogP) is 2.77. The average Bonchev–Trinajstić information content (AvgIpc) is 2.54. The summed E-state index contributed by atoms with van der Waals surface area (Å²) < 4.78 is 47.7. The van der Waals surface area contributed by atoms with Crippen molar-refractivity contribution < 1.29 is 25.8 Å². The second kappa shape index (κ2) is 6.99. The van der Waals surface area contributed by atoms with E-state index in [9.17, 15) is 17.4 Å². The number of carbonyl (C=O) groups excluding carboxylic acids is 1. The molecule has 0 spiro atoms. The molecular weight excluding hydrogens is 432 g/mol. The monoisotopic (exact) mass is 444 g/mol. The Morgan fingerprint density at radius 1 is 1.16 bits per heavy atom. The molecule has 0 amide bonds. The SMILES string of the molecule is Cc1ccc2c(c1)S(=O)(=O)CC(OS(=O)Oc1ccc(Br)cc1)C2=O. The number of Topliss-reactive ketones (excluding diaryl/α,β-unsaturated/α-hetero) is 1. The van der Waals surface area contributed by atoms with E-state index in [0.29, 0.717) is 0 Å². The lowest BCUT2D eigenvalue weighted by Crippen LogP contribution is -2.38. The van der Waals surface area contributed by atoms with E-state index >= 15 is 0 Å². The second-order valence-corrected chi connectivity index (χ2v) is 9.16. The first-order valence-electron chi connectivity index (χ1n) is 7.17. The van der Waals surface area contributed by atoms with E-state index < -0.39 is 38.8 Å². The highest BCUT2D eigenvalue weighted by atomic mass is 79.9. The zero-order valence-corrected chi connectivity index (χ0v) is 16.2. The third kappa shape index (κ3) is 4.00. The van der Waals surface area contributed by atoms with Gasteiger partial charge in [-0.05, 0) is 48.9 Å². The Morgan fingerprint density at radius 2 is 1.84 bits per heavy atom. The van der Waals surface area contributed by atoms with Gasteiger partial charge in [0, 0.05) is 10.0 Å². The van der Waals surface area contributed by atoms with Gasteiger partial charge < -0.3 is 4.18 Å². The van der Waals surface area contributed by atoms with E-state index in [2.05, 4.69) is 15.9 Å². The number of sulfone groups is 1. The molecule has 1 heterocycles. The van der Waals surface area contributed by atoms with Crippen LogP contribution in [0.25, 0.3) is 0 Å². The third-order valence-corrected chi connectivity index (χ3v) is 6.57. The summed E-state index contributed by atoms with van der Waals surface area (Å²) in [6.45, 7) is 1.74. The van der Waals surface area contributed by atoms with Crippen molar-refractivity contribution in [1.82, 2.24) is 0 Å². The fourth-order valence-corrected chi connectivity index (χ4v) is 5.05. The Hall–Kier alpha value is -1.55. The standard InChI is InChI=1S/C16H13BrO6S2/c1-10-2-7-13-15(8-10)25(20,21)9-14(16(13)18)23-24(19)22-12-5-3-11(17)4-6-12/h2-8,14H,9H2,1H3. The maximum atomic E-state index is 12.5. The molecule has 2 aromatic carbocycles. The lowest BCUT2D eigenvalue weighted by atomic mass is 10.0. The molecule has 2 atom stereocenters. The Balaban J connectivity index is 1.79. The number of hydrogen-bond donors (Lipinski definition) is 0. The number of benzene rings is 2. The lowest BCUT2D eigenvalue weighted by molar-refractivity contribution is 0.0818. The highest BCUT2D eigenvalue weighted by Crippen LogP contribution is 2.28. The molecule has 2 unspecified atom stereocenters. The van der Waals surface area contributed by atoms with E-state index in [0.717, 1.165) is 10.0 Å². The summed E-state index contributed by atoms with van der Waals surface area (Å²) in [6.07, 6.45) is -1.38. The van der Waals surface area contributed by atoms with Crippen molar-refractivity contribution >= 4 is 42.9 Å². The maximum Gasteiger partial charge on any atom is 0.360 e. The lowest BCUT2D eigenvalue weighted by Gasteiger charge is -2.22. The number of ketones is 1. The summed E-state index contributed by atoms with van der Waals surface area (Å²) in [4.78, 5) is 12.4. The van der Waals surface area contributed by atoms with Gasteiger partial charge >= 0.3 is 11.4 Å². The predicted molar refractivity (Wildman–Crippen MR) is 95.3 cm³/mol. The molecule has 9 heteroatoms. The minimum absolute atomic E-state index is 0.0167. The smallest absolute Gasteiger partial charge is 0.360 e. The van der Waals surface area contributed by atoms with Gasteiger partial charge in [0.25, 0.3) is 0 Å². The van der Waals surface area contributed by atoms with Crippen molar-refractivity contribution in [2.45, 2.75) is 17.9 Å². The highest BCUT2D eigenvalue weighted by Gasteiger charge is 2.39. The molecule has 0 aromatic heterocycles. The molecule has 1 aliphatic rings. The minimum Gasteiger partial charge on any atom is -0.380 e. The van der Waals surface area contributed by atoms with E-state index in [1.54, 1.807) is 37.3 Å². The Bertz CT molecular complexity index is 953. The fourth-order valence-electron chi connectivity index (χ4n) is 2.38. The molecular formula is C16H13BrO6S2. The molecule has 0 saturated carbocycles. The van der Waals surface area contributed by atoms with Crippen LogP contribution < -0.4 is 4.18 Å². The van der Waals surface area contributed by atoms with Gasteiger partial charge in [0.2, 0.25) is 0 Å². The molecule has 1 aliphatic heterocycles. The first kappa shape index (κ1) is 18.2. The zero-order valence-electron chi connectivity index (χ0n) is 13.0. The Morgan fingerprint density at radius 3 is 2.52 bits per heavy atom. The van der Waals surface area contributed by atoms with Crippen LogP contribution in [0.1, 0.15) is 15.9 Å². The molecule has 3 rings (SSSR count). The van der Waals surface area contributed by atoms with Crippen LogP contribution in [0.2, 0.25) is 0 Å². The molecule has 0 fully saturated rings. The van der Waals surface area contributed by atoms with Crippen molar-refractivity contribution in [3.05, 3.63) is 58.1 Å². The summed E-state index contributed by atoms with van der Waals surface area (Å²) >= 11 is 0.947. The van der Waals surface area contributed by atoms with Gasteiger partial charge in [-0.25, -0.2) is 12.6 Å². The van der Waals surface area contributed by atoms with E-state index in [1.807, 2.05) is 0 Å². The topological polar surface area (TPSA) is 86.7 Å². The number of aryl methyl sites for hydroxylation is 1. The van der Waals surface area contributed by atoms with Crippen LogP contribution in [0.5, 0.6) is 5.75 Å². The van der Waals surface area contributed by atoms with Crippen LogP contribution in [-0.2, 0) is 25.4 Å². The number of rotatable bonds is 4.